The van der Waals surface area contributed by atoms with E-state index in [0.717, 1.165) is 5.69 Å². The highest BCUT2D eigenvalue weighted by Gasteiger charge is 2.16. The predicted octanol–water partition coefficient (Wildman–Crippen LogP) is 1.91. The summed E-state index contributed by atoms with van der Waals surface area (Å²) in [6, 6.07) is 9.54. The van der Waals surface area contributed by atoms with Crippen LogP contribution in [0.4, 0.5) is 5.69 Å². The average molecular weight is 307 g/mol. The molecule has 3 heterocycles. The molecule has 9 heteroatoms. The molecule has 4 rings (SSSR count). The molecular formula is C14H9N7O2. The second-order valence-electron chi connectivity index (χ2n) is 4.73. The summed E-state index contributed by atoms with van der Waals surface area (Å²) in [6.07, 6.45) is 5.48. The average Bonchev–Trinajstić information content (AvgIpc) is 3.22. The first kappa shape index (κ1) is 13.1. The molecule has 0 saturated carbocycles. The molecule has 0 aliphatic heterocycles. The van der Waals surface area contributed by atoms with Crippen molar-refractivity contribution in [2.45, 2.75) is 0 Å². The Hall–Kier alpha value is -3.62. The molecule has 4 aromatic rings. The summed E-state index contributed by atoms with van der Waals surface area (Å²) in [7, 11) is 0. The van der Waals surface area contributed by atoms with E-state index in [1.807, 2.05) is 30.3 Å². The van der Waals surface area contributed by atoms with Gasteiger partial charge in [0.25, 0.3) is 0 Å². The summed E-state index contributed by atoms with van der Waals surface area (Å²) in [4.78, 5) is 18.7. The van der Waals surface area contributed by atoms with Gasteiger partial charge in [0.1, 0.15) is 18.7 Å². The van der Waals surface area contributed by atoms with Crippen LogP contribution >= 0.6 is 0 Å². The SMILES string of the molecule is O=[N+]([O-])c1cnn(-c2ncnc3c2cnn3-c2ccccc2)c1. The molecule has 0 aliphatic carbocycles. The van der Waals surface area contributed by atoms with Gasteiger partial charge in [-0.1, -0.05) is 18.2 Å². The maximum atomic E-state index is 10.8. The molecule has 0 spiro atoms. The Morgan fingerprint density at radius 3 is 2.61 bits per heavy atom. The van der Waals surface area contributed by atoms with Gasteiger partial charge in [0.15, 0.2) is 11.5 Å². The molecule has 0 unspecified atom stereocenters. The van der Waals surface area contributed by atoms with Gasteiger partial charge in [-0.15, -0.1) is 0 Å². The Bertz CT molecular complexity index is 1010. The minimum Gasteiger partial charge on any atom is -0.258 e. The maximum absolute atomic E-state index is 10.8. The Balaban J connectivity index is 1.89. The van der Waals surface area contributed by atoms with Gasteiger partial charge in [-0.3, -0.25) is 10.1 Å². The first-order valence-corrected chi connectivity index (χ1v) is 6.67. The number of benzene rings is 1. The third kappa shape index (κ3) is 2.11. The fourth-order valence-corrected chi connectivity index (χ4v) is 2.30. The molecule has 0 atom stereocenters. The van der Waals surface area contributed by atoms with Gasteiger partial charge >= 0.3 is 5.69 Å². The molecule has 0 bridgehead atoms. The summed E-state index contributed by atoms with van der Waals surface area (Å²) in [5.41, 5.74) is 1.35. The van der Waals surface area contributed by atoms with Crippen molar-refractivity contribution in [1.82, 2.24) is 29.5 Å². The zero-order valence-corrected chi connectivity index (χ0v) is 11.6. The summed E-state index contributed by atoms with van der Waals surface area (Å²) in [6.45, 7) is 0. The summed E-state index contributed by atoms with van der Waals surface area (Å²) < 4.78 is 3.03. The van der Waals surface area contributed by atoms with E-state index in [1.54, 1.807) is 10.9 Å². The summed E-state index contributed by atoms with van der Waals surface area (Å²) in [5.74, 6) is 0.435. The minimum absolute atomic E-state index is 0.104. The van der Waals surface area contributed by atoms with Crippen LogP contribution in [0.1, 0.15) is 0 Å². The molecule has 0 N–H and O–H groups in total. The quantitative estimate of drug-likeness (QED) is 0.423. The van der Waals surface area contributed by atoms with E-state index in [1.165, 1.54) is 23.4 Å². The zero-order chi connectivity index (χ0) is 15.8. The number of nitrogens with zero attached hydrogens (tertiary/aromatic N) is 7. The van der Waals surface area contributed by atoms with Crippen LogP contribution in [0.3, 0.4) is 0 Å². The van der Waals surface area contributed by atoms with E-state index in [0.29, 0.717) is 16.9 Å². The van der Waals surface area contributed by atoms with Crippen molar-refractivity contribution in [1.29, 1.82) is 0 Å². The third-order valence-corrected chi connectivity index (χ3v) is 3.34. The Morgan fingerprint density at radius 2 is 1.87 bits per heavy atom. The van der Waals surface area contributed by atoms with Crippen molar-refractivity contribution in [2.24, 2.45) is 0 Å². The molecule has 0 aliphatic rings. The van der Waals surface area contributed by atoms with Crippen molar-refractivity contribution in [2.75, 3.05) is 0 Å². The van der Waals surface area contributed by atoms with Crippen LogP contribution in [0.2, 0.25) is 0 Å². The molecule has 23 heavy (non-hydrogen) atoms. The highest BCUT2D eigenvalue weighted by molar-refractivity contribution is 5.83. The largest absolute Gasteiger partial charge is 0.307 e. The lowest BCUT2D eigenvalue weighted by molar-refractivity contribution is -0.384. The van der Waals surface area contributed by atoms with E-state index in [9.17, 15) is 10.1 Å². The molecule has 1 aromatic carbocycles. The number of hydrogen-bond acceptors (Lipinski definition) is 6. The smallest absolute Gasteiger partial charge is 0.258 e. The number of para-hydroxylation sites is 1. The Morgan fingerprint density at radius 1 is 1.04 bits per heavy atom. The predicted molar refractivity (Wildman–Crippen MR) is 80.4 cm³/mol. The number of aromatic nitrogens is 6. The highest BCUT2D eigenvalue weighted by atomic mass is 16.6. The topological polar surface area (TPSA) is 105 Å². The van der Waals surface area contributed by atoms with E-state index in [4.69, 9.17) is 0 Å². The molecule has 0 radical (unpaired) electrons. The van der Waals surface area contributed by atoms with Gasteiger partial charge in [-0.2, -0.15) is 10.2 Å². The lowest BCUT2D eigenvalue weighted by atomic mass is 10.3. The van der Waals surface area contributed by atoms with Gasteiger partial charge in [0, 0.05) is 0 Å². The second kappa shape index (κ2) is 4.98. The van der Waals surface area contributed by atoms with E-state index in [2.05, 4.69) is 20.2 Å². The molecule has 3 aromatic heterocycles. The van der Waals surface area contributed by atoms with Crippen molar-refractivity contribution >= 4 is 16.7 Å². The van der Waals surface area contributed by atoms with E-state index >= 15 is 0 Å². The van der Waals surface area contributed by atoms with Gasteiger partial charge in [-0.05, 0) is 12.1 Å². The van der Waals surface area contributed by atoms with Crippen LogP contribution in [0.25, 0.3) is 22.5 Å². The van der Waals surface area contributed by atoms with Gasteiger partial charge in [0.05, 0.1) is 22.2 Å². The highest BCUT2D eigenvalue weighted by Crippen LogP contribution is 2.21. The molecule has 9 nitrogen and oxygen atoms in total. The van der Waals surface area contributed by atoms with E-state index in [-0.39, 0.29) is 5.69 Å². The number of nitro groups is 1. The van der Waals surface area contributed by atoms with Gasteiger partial charge in [-0.25, -0.2) is 19.3 Å². The van der Waals surface area contributed by atoms with Crippen LogP contribution in [0, 0.1) is 10.1 Å². The fourth-order valence-electron chi connectivity index (χ4n) is 2.30. The number of hydrogen-bond donors (Lipinski definition) is 0. The minimum atomic E-state index is -0.505. The molecule has 0 saturated heterocycles. The first-order chi connectivity index (χ1) is 11.2. The molecule has 0 fully saturated rings. The summed E-state index contributed by atoms with van der Waals surface area (Å²) in [5, 5.41) is 19.8. The van der Waals surface area contributed by atoms with E-state index < -0.39 is 4.92 Å². The number of rotatable bonds is 3. The van der Waals surface area contributed by atoms with Crippen LogP contribution in [0.5, 0.6) is 0 Å². The first-order valence-electron chi connectivity index (χ1n) is 6.67. The van der Waals surface area contributed by atoms with Crippen LogP contribution in [0.15, 0.2) is 55.2 Å². The molecule has 112 valence electrons. The zero-order valence-electron chi connectivity index (χ0n) is 11.6. The lowest BCUT2D eigenvalue weighted by Gasteiger charge is -2.03. The third-order valence-electron chi connectivity index (χ3n) is 3.34. The van der Waals surface area contributed by atoms with Crippen LogP contribution < -0.4 is 0 Å². The standard InChI is InChI=1S/C14H9N7O2/c22-21(23)11-6-17-19(8-11)13-12-7-18-20(14(12)16-9-15-13)10-4-2-1-3-5-10/h1-9H. The van der Waals surface area contributed by atoms with Gasteiger partial charge in [0.2, 0.25) is 0 Å². The van der Waals surface area contributed by atoms with Crippen LogP contribution in [-0.4, -0.2) is 34.5 Å². The van der Waals surface area contributed by atoms with Gasteiger partial charge < -0.3 is 0 Å². The normalized spacial score (nSPS) is 11.0. The Kier molecular flexibility index (Phi) is 2.83. The van der Waals surface area contributed by atoms with Crippen LogP contribution in [-0.2, 0) is 0 Å². The maximum Gasteiger partial charge on any atom is 0.307 e. The lowest BCUT2D eigenvalue weighted by Crippen LogP contribution is -2.01. The van der Waals surface area contributed by atoms with Crippen molar-refractivity contribution in [3.05, 3.63) is 65.4 Å². The number of fused-ring (bicyclic) bond motifs is 1. The monoisotopic (exact) mass is 307 g/mol. The summed E-state index contributed by atoms with van der Waals surface area (Å²) >= 11 is 0. The second-order valence-corrected chi connectivity index (χ2v) is 4.73. The fraction of sp³-hybridized carbons (Fsp3) is 0. The van der Waals surface area contributed by atoms with Crippen molar-refractivity contribution < 1.29 is 4.92 Å². The van der Waals surface area contributed by atoms with Crippen molar-refractivity contribution in [3.63, 3.8) is 0 Å². The molecular weight excluding hydrogens is 298 g/mol. The van der Waals surface area contributed by atoms with Crippen molar-refractivity contribution in [3.8, 4) is 11.5 Å². The Labute approximate surface area is 129 Å². The molecule has 0 amide bonds.